The summed E-state index contributed by atoms with van der Waals surface area (Å²) >= 11 is 5.76. The molecule has 1 aromatic heterocycles. The van der Waals surface area contributed by atoms with Crippen LogP contribution in [0.5, 0.6) is 0 Å². The van der Waals surface area contributed by atoms with Gasteiger partial charge in [0, 0.05) is 22.8 Å². The summed E-state index contributed by atoms with van der Waals surface area (Å²) in [7, 11) is -3.60. The van der Waals surface area contributed by atoms with Crippen LogP contribution < -0.4 is 10.6 Å². The van der Waals surface area contributed by atoms with Crippen molar-refractivity contribution in [2.24, 2.45) is 0 Å². The Balaban J connectivity index is 1.58. The van der Waals surface area contributed by atoms with Gasteiger partial charge in [-0.25, -0.2) is 8.42 Å². The molecule has 0 radical (unpaired) electrons. The highest BCUT2D eigenvalue weighted by atomic mass is 35.5. The Hall–Kier alpha value is -3.10. The van der Waals surface area contributed by atoms with Crippen LogP contribution in [0.1, 0.15) is 17.0 Å². The second-order valence-electron chi connectivity index (χ2n) is 6.08. The number of hydrogen-bond donors (Lipinski definition) is 2. The van der Waals surface area contributed by atoms with Gasteiger partial charge in [0.2, 0.25) is 5.91 Å². The number of carbonyl (C=O) groups is 2. The van der Waals surface area contributed by atoms with Gasteiger partial charge in [0.05, 0.1) is 16.9 Å². The van der Waals surface area contributed by atoms with E-state index in [1.54, 1.807) is 30.3 Å². The number of benzene rings is 2. The fraction of sp³-hybridized carbons (Fsp3) is 0.100. The van der Waals surface area contributed by atoms with E-state index in [1.807, 2.05) is 0 Å². The van der Waals surface area contributed by atoms with E-state index in [0.29, 0.717) is 16.4 Å². The van der Waals surface area contributed by atoms with Crippen molar-refractivity contribution < 1.29 is 22.4 Å². The lowest BCUT2D eigenvalue weighted by atomic mass is 10.2. The number of anilines is 2. The third-order valence-electron chi connectivity index (χ3n) is 3.92. The molecule has 2 amide bonds. The molecule has 3 rings (SSSR count). The molecule has 9 heteroatoms. The van der Waals surface area contributed by atoms with Crippen molar-refractivity contribution in [1.29, 1.82) is 0 Å². The van der Waals surface area contributed by atoms with Crippen LogP contribution in [0.25, 0.3) is 0 Å². The van der Waals surface area contributed by atoms with E-state index in [4.69, 9.17) is 16.0 Å². The standard InChI is InChI=1S/C20H17ClN2O5S/c21-14-6-8-17(9-7-14)29(26,27)12-10-19(24)22-15-3-1-4-16(13-15)23-20(25)18-5-2-11-28-18/h1-9,11,13H,10,12H2,(H,22,24)(H,23,25). The lowest BCUT2D eigenvalue weighted by Gasteiger charge is -2.09. The van der Waals surface area contributed by atoms with Gasteiger partial charge in [0.25, 0.3) is 5.91 Å². The summed E-state index contributed by atoms with van der Waals surface area (Å²) in [6.45, 7) is 0. The first-order valence-corrected chi connectivity index (χ1v) is 10.6. The Labute approximate surface area is 172 Å². The normalized spacial score (nSPS) is 11.1. The summed E-state index contributed by atoms with van der Waals surface area (Å²) in [5, 5.41) is 5.71. The van der Waals surface area contributed by atoms with Crippen LogP contribution >= 0.6 is 11.6 Å². The molecule has 3 aromatic rings. The van der Waals surface area contributed by atoms with Gasteiger partial charge >= 0.3 is 0 Å². The van der Waals surface area contributed by atoms with Gasteiger partial charge in [-0.05, 0) is 54.6 Å². The second-order valence-corrected chi connectivity index (χ2v) is 8.63. The van der Waals surface area contributed by atoms with Crippen LogP contribution in [0.2, 0.25) is 5.02 Å². The van der Waals surface area contributed by atoms with Crippen molar-refractivity contribution in [3.63, 3.8) is 0 Å². The Morgan fingerprint density at radius 2 is 1.62 bits per heavy atom. The molecule has 0 aliphatic carbocycles. The zero-order valence-corrected chi connectivity index (χ0v) is 16.7. The predicted octanol–water partition coefficient (Wildman–Crippen LogP) is 3.99. The molecule has 0 saturated heterocycles. The predicted molar refractivity (Wildman–Crippen MR) is 110 cm³/mol. The number of rotatable bonds is 7. The van der Waals surface area contributed by atoms with Crippen molar-refractivity contribution >= 4 is 44.6 Å². The maximum Gasteiger partial charge on any atom is 0.291 e. The Kier molecular flexibility index (Phi) is 6.36. The maximum absolute atomic E-state index is 12.3. The highest BCUT2D eigenvalue weighted by molar-refractivity contribution is 7.91. The lowest BCUT2D eigenvalue weighted by Crippen LogP contribution is -2.17. The molecule has 2 N–H and O–H groups in total. The minimum Gasteiger partial charge on any atom is -0.459 e. The Morgan fingerprint density at radius 1 is 0.931 bits per heavy atom. The largest absolute Gasteiger partial charge is 0.459 e. The Bertz CT molecular complexity index is 1110. The number of carbonyl (C=O) groups excluding carboxylic acids is 2. The summed E-state index contributed by atoms with van der Waals surface area (Å²) in [4.78, 5) is 24.3. The summed E-state index contributed by atoms with van der Waals surface area (Å²) in [5.74, 6) is -1.06. The van der Waals surface area contributed by atoms with Gasteiger partial charge in [-0.1, -0.05) is 17.7 Å². The molecule has 0 unspecified atom stereocenters. The third kappa shape index (κ3) is 5.69. The summed E-state index contributed by atoms with van der Waals surface area (Å²) in [6.07, 6.45) is 1.18. The van der Waals surface area contributed by atoms with Gasteiger partial charge in [-0.2, -0.15) is 0 Å². The number of hydrogen-bond acceptors (Lipinski definition) is 5. The first-order chi connectivity index (χ1) is 13.8. The molecule has 0 fully saturated rings. The average Bonchev–Trinajstić information content (AvgIpc) is 3.22. The first kappa shape index (κ1) is 20.6. The number of amides is 2. The average molecular weight is 433 g/mol. The molecule has 2 aromatic carbocycles. The zero-order valence-electron chi connectivity index (χ0n) is 15.1. The molecule has 29 heavy (non-hydrogen) atoms. The maximum atomic E-state index is 12.3. The van der Waals surface area contributed by atoms with Crippen LogP contribution in [0.3, 0.4) is 0 Å². The second kappa shape index (κ2) is 8.93. The number of nitrogens with one attached hydrogen (secondary N) is 2. The van der Waals surface area contributed by atoms with E-state index in [1.165, 1.54) is 36.6 Å². The van der Waals surface area contributed by atoms with Gasteiger partial charge < -0.3 is 15.1 Å². The number of sulfone groups is 1. The molecule has 0 saturated carbocycles. The first-order valence-electron chi connectivity index (χ1n) is 8.56. The molecule has 0 spiro atoms. The van der Waals surface area contributed by atoms with Crippen molar-refractivity contribution in [2.45, 2.75) is 11.3 Å². The van der Waals surface area contributed by atoms with Gasteiger partial charge in [0.1, 0.15) is 0 Å². The fourth-order valence-corrected chi connectivity index (χ4v) is 3.85. The monoisotopic (exact) mass is 432 g/mol. The third-order valence-corrected chi connectivity index (χ3v) is 5.90. The highest BCUT2D eigenvalue weighted by Crippen LogP contribution is 2.18. The van der Waals surface area contributed by atoms with Crippen molar-refractivity contribution in [3.8, 4) is 0 Å². The summed E-state index contributed by atoms with van der Waals surface area (Å²) < 4.78 is 29.6. The molecule has 150 valence electrons. The molecule has 7 nitrogen and oxygen atoms in total. The minimum absolute atomic E-state index is 0.109. The van der Waals surface area contributed by atoms with E-state index in [2.05, 4.69) is 10.6 Å². The van der Waals surface area contributed by atoms with Crippen molar-refractivity contribution in [3.05, 3.63) is 77.7 Å². The molecule has 1 heterocycles. The van der Waals surface area contributed by atoms with Crippen LogP contribution in [-0.4, -0.2) is 26.0 Å². The molecular weight excluding hydrogens is 416 g/mol. The van der Waals surface area contributed by atoms with Crippen LogP contribution in [-0.2, 0) is 14.6 Å². The minimum atomic E-state index is -3.60. The fourth-order valence-electron chi connectivity index (χ4n) is 2.49. The number of halogens is 1. The van der Waals surface area contributed by atoms with Crippen molar-refractivity contribution in [2.75, 3.05) is 16.4 Å². The van der Waals surface area contributed by atoms with Crippen molar-refractivity contribution in [1.82, 2.24) is 0 Å². The van der Waals surface area contributed by atoms with E-state index in [-0.39, 0.29) is 22.8 Å². The zero-order chi connectivity index (χ0) is 20.9. The molecular formula is C20H17ClN2O5S. The van der Waals surface area contributed by atoms with Gasteiger partial charge in [-0.15, -0.1) is 0 Å². The van der Waals surface area contributed by atoms with Crippen LogP contribution in [0.15, 0.2) is 76.2 Å². The SMILES string of the molecule is O=C(CCS(=O)(=O)c1ccc(Cl)cc1)Nc1cccc(NC(=O)c2ccco2)c1. The quantitative estimate of drug-likeness (QED) is 0.587. The van der Waals surface area contributed by atoms with Gasteiger partial charge in [0.15, 0.2) is 15.6 Å². The van der Waals surface area contributed by atoms with Gasteiger partial charge in [-0.3, -0.25) is 9.59 Å². The molecule has 0 bridgehead atoms. The number of furan rings is 1. The van der Waals surface area contributed by atoms with E-state index >= 15 is 0 Å². The van der Waals surface area contributed by atoms with Crippen LogP contribution in [0.4, 0.5) is 11.4 Å². The molecule has 0 aliphatic heterocycles. The van der Waals surface area contributed by atoms with E-state index < -0.39 is 21.7 Å². The summed E-state index contributed by atoms with van der Waals surface area (Å²) in [5.41, 5.74) is 0.883. The van der Waals surface area contributed by atoms with Crippen LogP contribution in [0, 0.1) is 0 Å². The highest BCUT2D eigenvalue weighted by Gasteiger charge is 2.17. The molecule has 0 atom stereocenters. The Morgan fingerprint density at radius 3 is 2.28 bits per heavy atom. The topological polar surface area (TPSA) is 105 Å². The summed E-state index contributed by atoms with van der Waals surface area (Å²) in [6, 6.07) is 15.4. The molecule has 0 aliphatic rings. The van der Waals surface area contributed by atoms with E-state index in [0.717, 1.165) is 0 Å². The van der Waals surface area contributed by atoms with E-state index in [9.17, 15) is 18.0 Å². The smallest absolute Gasteiger partial charge is 0.291 e. The lowest BCUT2D eigenvalue weighted by molar-refractivity contribution is -0.115.